The first-order chi connectivity index (χ1) is 12.0. The molecule has 0 aliphatic carbocycles. The summed E-state index contributed by atoms with van der Waals surface area (Å²) in [5.41, 5.74) is 5.08. The van der Waals surface area contributed by atoms with Crippen LogP contribution < -0.4 is 11.1 Å². The van der Waals surface area contributed by atoms with Crippen LogP contribution in [-0.4, -0.2) is 93.8 Å². The van der Waals surface area contributed by atoms with Gasteiger partial charge in [-0.1, -0.05) is 0 Å². The zero-order valence-electron chi connectivity index (χ0n) is 13.6. The summed E-state index contributed by atoms with van der Waals surface area (Å²) >= 11 is 0. The number of carboxylic acids is 1. The quantitative estimate of drug-likeness (QED) is 0.168. The Kier molecular flexibility index (Phi) is 7.35. The first-order valence-electron chi connectivity index (χ1n) is 7.38. The molecular weight excluding hydrogens is 364 g/mol. The van der Waals surface area contributed by atoms with Crippen molar-refractivity contribution in [1.29, 1.82) is 5.41 Å². The van der Waals surface area contributed by atoms with Gasteiger partial charge in [-0.05, 0) is 0 Å². The van der Waals surface area contributed by atoms with E-state index in [1.807, 2.05) is 0 Å². The third-order valence-electron chi connectivity index (χ3n) is 3.67. The third kappa shape index (κ3) is 4.62. The normalized spacial score (nSPS) is 33.9. The van der Waals surface area contributed by atoms with E-state index in [0.29, 0.717) is 0 Å². The average molecular weight is 385 g/mol. The monoisotopic (exact) mass is 385 g/mol. The van der Waals surface area contributed by atoms with Crippen LogP contribution in [0.5, 0.6) is 0 Å². The van der Waals surface area contributed by atoms with E-state index < -0.39 is 73.4 Å². The number of amides is 1. The fraction of sp³-hybridized carbons (Fsp3) is 0.769. The summed E-state index contributed by atoms with van der Waals surface area (Å²) in [6.07, 6.45) is -11.1. The van der Waals surface area contributed by atoms with E-state index in [4.69, 9.17) is 26.1 Å². The molecule has 1 aliphatic heterocycles. The van der Waals surface area contributed by atoms with Gasteiger partial charge < -0.3 is 41.0 Å². The van der Waals surface area contributed by atoms with E-state index >= 15 is 0 Å². The number of hydrogen-bond donors (Lipinski definition) is 7. The van der Waals surface area contributed by atoms with Crippen LogP contribution in [0.4, 0.5) is 8.78 Å². The van der Waals surface area contributed by atoms with Crippen molar-refractivity contribution in [2.75, 3.05) is 13.2 Å². The van der Waals surface area contributed by atoms with E-state index in [1.54, 1.807) is 0 Å². The molecule has 0 aromatic carbocycles. The van der Waals surface area contributed by atoms with Crippen molar-refractivity contribution < 1.29 is 48.3 Å². The third-order valence-corrected chi connectivity index (χ3v) is 3.67. The number of carbonyl (C=O) groups is 2. The van der Waals surface area contributed by atoms with Gasteiger partial charge in [-0.15, -0.1) is 0 Å². The predicted molar refractivity (Wildman–Crippen MR) is 79.6 cm³/mol. The molecule has 0 unspecified atom stereocenters. The van der Waals surface area contributed by atoms with Crippen LogP contribution >= 0.6 is 0 Å². The topological polar surface area (TPSA) is 195 Å². The summed E-state index contributed by atoms with van der Waals surface area (Å²) in [7, 11) is 0. The molecule has 0 radical (unpaired) electrons. The standard InChI is InChI=1S/C13H21F2N3O8/c1-4(20)18-7-9(8(22)5(21)2-19)26-13(15,12(23)24)11(14)10(7)25-3-6(16)17/h5,7-11,19,21-22H,2-3H2,1H3,(H3,16,17)(H,18,20)(H,23,24)/t5-,7+,8-,9-,10-,11+,13+/m1/s1. The Morgan fingerprint density at radius 3 is 2.46 bits per heavy atom. The summed E-state index contributed by atoms with van der Waals surface area (Å²) in [5, 5.41) is 46.7. The minimum Gasteiger partial charge on any atom is -0.477 e. The van der Waals surface area contributed by atoms with Crippen LogP contribution in [0.1, 0.15) is 6.92 Å². The van der Waals surface area contributed by atoms with Gasteiger partial charge in [-0.2, -0.15) is 4.39 Å². The zero-order chi connectivity index (χ0) is 20.2. The second-order valence-corrected chi connectivity index (χ2v) is 5.70. The summed E-state index contributed by atoms with van der Waals surface area (Å²) in [4.78, 5) is 22.6. The van der Waals surface area contributed by atoms with Crippen molar-refractivity contribution in [3.63, 3.8) is 0 Å². The molecule has 8 N–H and O–H groups in total. The lowest BCUT2D eigenvalue weighted by Gasteiger charge is -2.46. The Morgan fingerprint density at radius 2 is 2.04 bits per heavy atom. The minimum absolute atomic E-state index is 0.599. The second-order valence-electron chi connectivity index (χ2n) is 5.70. The first-order valence-corrected chi connectivity index (χ1v) is 7.38. The van der Waals surface area contributed by atoms with Crippen molar-refractivity contribution in [2.45, 2.75) is 49.4 Å². The molecule has 1 amide bonds. The van der Waals surface area contributed by atoms with E-state index in [-0.39, 0.29) is 0 Å². The molecule has 13 heteroatoms. The number of carboxylic acid groups (broad SMARTS) is 1. The number of alkyl halides is 2. The molecule has 0 aromatic rings. The molecule has 1 aliphatic rings. The lowest BCUT2D eigenvalue weighted by Crippen LogP contribution is -2.71. The summed E-state index contributed by atoms with van der Waals surface area (Å²) < 4.78 is 38.7. The number of nitrogens with two attached hydrogens (primary N) is 1. The van der Waals surface area contributed by atoms with Gasteiger partial charge in [0.25, 0.3) is 0 Å². The van der Waals surface area contributed by atoms with Crippen molar-refractivity contribution >= 4 is 17.7 Å². The fourth-order valence-electron chi connectivity index (χ4n) is 2.47. The molecule has 1 saturated heterocycles. The van der Waals surface area contributed by atoms with Crippen LogP contribution in [0.25, 0.3) is 0 Å². The largest absolute Gasteiger partial charge is 0.477 e. The molecule has 0 aromatic heterocycles. The highest BCUT2D eigenvalue weighted by Crippen LogP contribution is 2.37. The van der Waals surface area contributed by atoms with E-state index in [2.05, 4.69) is 10.1 Å². The van der Waals surface area contributed by atoms with Crippen molar-refractivity contribution in [1.82, 2.24) is 5.32 Å². The molecule has 1 rings (SSSR count). The number of aliphatic hydroxyl groups excluding tert-OH is 3. The molecule has 0 bridgehead atoms. The average Bonchev–Trinajstić information content (AvgIpc) is 2.55. The van der Waals surface area contributed by atoms with Gasteiger partial charge in [0.2, 0.25) is 5.91 Å². The number of carbonyl (C=O) groups excluding carboxylic acids is 1. The molecule has 0 spiro atoms. The summed E-state index contributed by atoms with van der Waals surface area (Å²) in [5.74, 6) is -7.76. The second kappa shape index (κ2) is 8.64. The maximum absolute atomic E-state index is 14.6. The van der Waals surface area contributed by atoms with E-state index in [0.717, 1.165) is 6.92 Å². The van der Waals surface area contributed by atoms with Gasteiger partial charge in [0.1, 0.15) is 36.9 Å². The van der Waals surface area contributed by atoms with Gasteiger partial charge in [0, 0.05) is 6.92 Å². The van der Waals surface area contributed by atoms with Gasteiger partial charge >= 0.3 is 11.8 Å². The molecule has 0 saturated carbocycles. The van der Waals surface area contributed by atoms with Crippen LogP contribution in [0, 0.1) is 5.41 Å². The number of ether oxygens (including phenoxy) is 2. The fourth-order valence-corrected chi connectivity index (χ4v) is 2.47. The van der Waals surface area contributed by atoms with Gasteiger partial charge in [0.05, 0.1) is 12.6 Å². The van der Waals surface area contributed by atoms with Crippen molar-refractivity contribution in [3.8, 4) is 0 Å². The van der Waals surface area contributed by atoms with Gasteiger partial charge in [-0.25, -0.2) is 9.18 Å². The predicted octanol–water partition coefficient (Wildman–Crippen LogP) is -2.99. The zero-order valence-corrected chi connectivity index (χ0v) is 13.6. The number of aliphatic hydroxyl groups is 3. The lowest BCUT2D eigenvalue weighted by atomic mass is 9.87. The molecule has 11 nitrogen and oxygen atoms in total. The highest BCUT2D eigenvalue weighted by molar-refractivity contribution is 5.78. The van der Waals surface area contributed by atoms with Crippen LogP contribution in [0.2, 0.25) is 0 Å². The smallest absolute Gasteiger partial charge is 0.372 e. The molecular formula is C13H21F2N3O8. The lowest BCUT2D eigenvalue weighted by molar-refractivity contribution is -0.297. The van der Waals surface area contributed by atoms with Crippen molar-refractivity contribution in [3.05, 3.63) is 0 Å². The SMILES string of the molecule is CC(=O)N[C@@H]1[C@@H](OCC(=N)N)[C@H](F)[C@@](F)(C(=O)O)O[C@H]1[C@H](O)[C@H](O)CO. The Labute approximate surface area is 146 Å². The maximum atomic E-state index is 14.6. The number of rotatable bonds is 8. The van der Waals surface area contributed by atoms with Crippen LogP contribution in [-0.2, 0) is 19.1 Å². The number of amidine groups is 1. The number of hydrogen-bond acceptors (Lipinski definition) is 8. The maximum Gasteiger partial charge on any atom is 0.372 e. The Hall–Kier alpha value is -1.93. The molecule has 1 fully saturated rings. The molecule has 1 heterocycles. The Balaban J connectivity index is 3.34. The summed E-state index contributed by atoms with van der Waals surface area (Å²) in [6.45, 7) is -0.754. The first kappa shape index (κ1) is 22.1. The summed E-state index contributed by atoms with van der Waals surface area (Å²) in [6, 6.07) is -1.67. The van der Waals surface area contributed by atoms with Gasteiger partial charge in [0.15, 0.2) is 6.17 Å². The Bertz CT molecular complexity index is 553. The van der Waals surface area contributed by atoms with Gasteiger partial charge in [-0.3, -0.25) is 10.2 Å². The van der Waals surface area contributed by atoms with Crippen LogP contribution in [0.15, 0.2) is 0 Å². The van der Waals surface area contributed by atoms with Crippen LogP contribution in [0.3, 0.4) is 0 Å². The number of nitrogens with one attached hydrogen (secondary N) is 2. The number of aliphatic carboxylic acids is 1. The van der Waals surface area contributed by atoms with Crippen molar-refractivity contribution in [2.24, 2.45) is 5.73 Å². The minimum atomic E-state index is -3.99. The van der Waals surface area contributed by atoms with E-state index in [9.17, 15) is 28.6 Å². The highest BCUT2D eigenvalue weighted by Gasteiger charge is 2.63. The Morgan fingerprint density at radius 1 is 1.46 bits per heavy atom. The van der Waals surface area contributed by atoms with E-state index in [1.165, 1.54) is 0 Å². The molecule has 7 atom stereocenters. The highest BCUT2D eigenvalue weighted by atomic mass is 19.2. The molecule has 26 heavy (non-hydrogen) atoms. The molecule has 150 valence electrons. The number of halogens is 2.